The van der Waals surface area contributed by atoms with Crippen LogP contribution < -0.4 is 0 Å². The quantitative estimate of drug-likeness (QED) is 0.911. The third-order valence-electron chi connectivity index (χ3n) is 4.16. The highest BCUT2D eigenvalue weighted by molar-refractivity contribution is 5.86. The van der Waals surface area contributed by atoms with Crippen LogP contribution in [0.4, 0.5) is 0 Å². The molecule has 1 unspecified atom stereocenters. The van der Waals surface area contributed by atoms with Crippen molar-refractivity contribution in [1.29, 1.82) is 0 Å². The Morgan fingerprint density at radius 3 is 2.84 bits per heavy atom. The molecule has 1 aliphatic carbocycles. The lowest BCUT2D eigenvalue weighted by atomic mass is 9.90. The van der Waals surface area contributed by atoms with E-state index < -0.39 is 5.97 Å². The lowest BCUT2D eigenvalue weighted by Crippen LogP contribution is -2.08. The molecule has 1 aliphatic rings. The van der Waals surface area contributed by atoms with E-state index in [2.05, 4.69) is 35.9 Å². The van der Waals surface area contributed by atoms with E-state index in [1.165, 1.54) is 34.9 Å². The van der Waals surface area contributed by atoms with Gasteiger partial charge in [-0.1, -0.05) is 11.6 Å². The van der Waals surface area contributed by atoms with E-state index in [0.717, 1.165) is 0 Å². The Bertz CT molecular complexity index is 637. The van der Waals surface area contributed by atoms with Crippen LogP contribution in [-0.2, 0) is 11.8 Å². The van der Waals surface area contributed by atoms with Crippen molar-refractivity contribution in [3.05, 3.63) is 35.5 Å². The van der Waals surface area contributed by atoms with Crippen molar-refractivity contribution in [3.63, 3.8) is 0 Å². The molecule has 1 saturated carbocycles. The summed E-state index contributed by atoms with van der Waals surface area (Å²) in [5, 5.41) is 10.4. The highest BCUT2D eigenvalue weighted by Crippen LogP contribution is 2.46. The van der Waals surface area contributed by atoms with E-state index in [9.17, 15) is 4.79 Å². The van der Waals surface area contributed by atoms with Gasteiger partial charge in [0.25, 0.3) is 0 Å². The third-order valence-corrected chi connectivity index (χ3v) is 4.16. The minimum Gasteiger partial charge on any atom is -0.481 e. The number of rotatable bonds is 4. The number of hydrogen-bond acceptors (Lipinski definition) is 1. The maximum Gasteiger partial charge on any atom is 0.303 e. The topological polar surface area (TPSA) is 42.2 Å². The van der Waals surface area contributed by atoms with Gasteiger partial charge in [-0.15, -0.1) is 0 Å². The number of carboxylic acids is 1. The van der Waals surface area contributed by atoms with E-state index in [1.54, 1.807) is 0 Å². The van der Waals surface area contributed by atoms with Crippen molar-refractivity contribution in [3.8, 4) is 0 Å². The summed E-state index contributed by atoms with van der Waals surface area (Å²) >= 11 is 0. The van der Waals surface area contributed by atoms with Gasteiger partial charge < -0.3 is 9.67 Å². The van der Waals surface area contributed by atoms with Crippen LogP contribution in [0.1, 0.15) is 36.3 Å². The summed E-state index contributed by atoms with van der Waals surface area (Å²) < 4.78 is 2.11. The fraction of sp³-hybridized carbons (Fsp3) is 0.438. The van der Waals surface area contributed by atoms with Gasteiger partial charge in [-0.25, -0.2) is 0 Å². The molecule has 1 aromatic carbocycles. The van der Waals surface area contributed by atoms with Crippen LogP contribution in [-0.4, -0.2) is 15.6 Å². The van der Waals surface area contributed by atoms with Crippen molar-refractivity contribution in [1.82, 2.24) is 4.57 Å². The van der Waals surface area contributed by atoms with Crippen molar-refractivity contribution in [2.45, 2.75) is 32.1 Å². The summed E-state index contributed by atoms with van der Waals surface area (Å²) in [7, 11) is 2.03. The molecule has 0 bridgehead atoms. The second-order valence-corrected chi connectivity index (χ2v) is 5.76. The SMILES string of the molecule is Cc1ccc2c(c1)c(C(CC(=O)O)C1CC1)cn2C. The molecular weight excluding hydrogens is 238 g/mol. The number of aryl methyl sites for hydroxylation is 2. The molecular formula is C16H19NO2. The van der Waals surface area contributed by atoms with Crippen LogP contribution in [0.15, 0.2) is 24.4 Å². The van der Waals surface area contributed by atoms with Crippen molar-refractivity contribution < 1.29 is 9.90 Å². The highest BCUT2D eigenvalue weighted by Gasteiger charge is 2.35. The molecule has 0 aliphatic heterocycles. The van der Waals surface area contributed by atoms with Crippen LogP contribution in [0, 0.1) is 12.8 Å². The Morgan fingerprint density at radius 1 is 1.47 bits per heavy atom. The van der Waals surface area contributed by atoms with Gasteiger partial charge in [0.2, 0.25) is 0 Å². The van der Waals surface area contributed by atoms with Crippen LogP contribution in [0.2, 0.25) is 0 Å². The first-order valence-electron chi connectivity index (χ1n) is 6.83. The third kappa shape index (κ3) is 2.25. The summed E-state index contributed by atoms with van der Waals surface area (Å²) in [4.78, 5) is 11.1. The molecule has 2 aromatic rings. The monoisotopic (exact) mass is 257 g/mol. The van der Waals surface area contributed by atoms with Gasteiger partial charge in [0.05, 0.1) is 6.42 Å². The Labute approximate surface area is 112 Å². The average molecular weight is 257 g/mol. The fourth-order valence-electron chi connectivity index (χ4n) is 3.05. The number of carboxylic acid groups (broad SMARTS) is 1. The average Bonchev–Trinajstić information content (AvgIpc) is 3.12. The zero-order valence-corrected chi connectivity index (χ0v) is 11.4. The van der Waals surface area contributed by atoms with E-state index in [-0.39, 0.29) is 12.3 Å². The molecule has 3 rings (SSSR count). The fourth-order valence-corrected chi connectivity index (χ4v) is 3.05. The zero-order chi connectivity index (χ0) is 13.6. The van der Waals surface area contributed by atoms with Gasteiger partial charge in [-0.05, 0) is 49.3 Å². The van der Waals surface area contributed by atoms with Gasteiger partial charge in [-0.2, -0.15) is 0 Å². The molecule has 1 fully saturated rings. The standard InChI is InChI=1S/C16H19NO2/c1-10-3-6-15-13(7-10)14(9-17(15)2)12(8-16(18)19)11-4-5-11/h3,6-7,9,11-12H,4-5,8H2,1-2H3,(H,18,19). The number of aliphatic carboxylic acids is 1. The summed E-state index contributed by atoms with van der Waals surface area (Å²) in [5.74, 6) is 0.0340. The Hall–Kier alpha value is -1.77. The Kier molecular flexibility index (Phi) is 2.85. The maximum absolute atomic E-state index is 11.1. The number of nitrogens with zero attached hydrogens (tertiary/aromatic N) is 1. The van der Waals surface area contributed by atoms with Gasteiger partial charge in [-0.3, -0.25) is 4.79 Å². The number of hydrogen-bond donors (Lipinski definition) is 1. The molecule has 0 amide bonds. The van der Waals surface area contributed by atoms with Gasteiger partial charge in [0.1, 0.15) is 0 Å². The largest absolute Gasteiger partial charge is 0.481 e. The van der Waals surface area contributed by atoms with Crippen LogP contribution in [0.25, 0.3) is 10.9 Å². The van der Waals surface area contributed by atoms with E-state index in [1.807, 2.05) is 7.05 Å². The smallest absolute Gasteiger partial charge is 0.303 e. The Morgan fingerprint density at radius 2 is 2.21 bits per heavy atom. The second-order valence-electron chi connectivity index (χ2n) is 5.76. The van der Waals surface area contributed by atoms with Crippen LogP contribution in [0.3, 0.4) is 0 Å². The second kappa shape index (κ2) is 4.41. The molecule has 3 heteroatoms. The first-order chi connectivity index (χ1) is 9.06. The molecule has 19 heavy (non-hydrogen) atoms. The van der Waals surface area contributed by atoms with Gasteiger partial charge in [0.15, 0.2) is 0 Å². The molecule has 1 heterocycles. The predicted octanol–water partition coefficient (Wildman–Crippen LogP) is 3.46. The number of carbonyl (C=O) groups is 1. The van der Waals surface area contributed by atoms with E-state index in [4.69, 9.17) is 5.11 Å². The minimum absolute atomic E-state index is 0.169. The normalized spacial score (nSPS) is 16.7. The summed E-state index contributed by atoms with van der Waals surface area (Å²) in [5.41, 5.74) is 3.63. The molecule has 0 radical (unpaired) electrons. The van der Waals surface area contributed by atoms with Crippen molar-refractivity contribution in [2.75, 3.05) is 0 Å². The van der Waals surface area contributed by atoms with E-state index in [0.29, 0.717) is 5.92 Å². The molecule has 0 saturated heterocycles. The summed E-state index contributed by atoms with van der Waals surface area (Å²) in [6, 6.07) is 6.41. The molecule has 0 spiro atoms. The maximum atomic E-state index is 11.1. The van der Waals surface area contributed by atoms with Crippen molar-refractivity contribution in [2.24, 2.45) is 13.0 Å². The van der Waals surface area contributed by atoms with Crippen LogP contribution in [0.5, 0.6) is 0 Å². The first kappa shape index (κ1) is 12.3. The van der Waals surface area contributed by atoms with Crippen molar-refractivity contribution >= 4 is 16.9 Å². The molecule has 1 atom stereocenters. The zero-order valence-electron chi connectivity index (χ0n) is 11.4. The molecule has 1 aromatic heterocycles. The van der Waals surface area contributed by atoms with Crippen LogP contribution >= 0.6 is 0 Å². The van der Waals surface area contributed by atoms with Gasteiger partial charge >= 0.3 is 5.97 Å². The highest BCUT2D eigenvalue weighted by atomic mass is 16.4. The molecule has 3 nitrogen and oxygen atoms in total. The van der Waals surface area contributed by atoms with E-state index >= 15 is 0 Å². The summed E-state index contributed by atoms with van der Waals surface area (Å²) in [6.07, 6.45) is 4.70. The molecule has 100 valence electrons. The first-order valence-corrected chi connectivity index (χ1v) is 6.83. The predicted molar refractivity (Wildman–Crippen MR) is 75.4 cm³/mol. The number of fused-ring (bicyclic) bond motifs is 1. The lowest BCUT2D eigenvalue weighted by Gasteiger charge is -2.13. The summed E-state index contributed by atoms with van der Waals surface area (Å²) in [6.45, 7) is 2.08. The lowest BCUT2D eigenvalue weighted by molar-refractivity contribution is -0.137. The molecule has 1 N–H and O–H groups in total. The number of aromatic nitrogens is 1. The minimum atomic E-state index is -0.693. The van der Waals surface area contributed by atoms with Gasteiger partial charge in [0, 0.05) is 24.1 Å². The Balaban J connectivity index is 2.11. The number of benzene rings is 1.